The first-order chi connectivity index (χ1) is 15.1. The summed E-state index contributed by atoms with van der Waals surface area (Å²) in [4.78, 5) is 12.3. The number of ether oxygens (including phenoxy) is 2. The van der Waals surface area contributed by atoms with E-state index in [-0.39, 0.29) is 24.3 Å². The van der Waals surface area contributed by atoms with Crippen molar-refractivity contribution in [1.82, 2.24) is 20.1 Å². The van der Waals surface area contributed by atoms with E-state index in [1.807, 2.05) is 59.2 Å². The first kappa shape index (κ1) is 22.7. The van der Waals surface area contributed by atoms with E-state index in [2.05, 4.69) is 29.4 Å². The lowest BCUT2D eigenvalue weighted by atomic mass is 10.2. The van der Waals surface area contributed by atoms with E-state index in [0.717, 1.165) is 24.3 Å². The van der Waals surface area contributed by atoms with Crippen LogP contribution in [-0.2, 0) is 11.4 Å². The predicted molar refractivity (Wildman–Crippen MR) is 122 cm³/mol. The van der Waals surface area contributed by atoms with Crippen LogP contribution in [0.3, 0.4) is 0 Å². The molecule has 1 aromatic heterocycles. The maximum absolute atomic E-state index is 12.3. The molecule has 0 radical (unpaired) electrons. The molecule has 8 heteroatoms. The van der Waals surface area contributed by atoms with Crippen molar-refractivity contribution in [2.75, 3.05) is 12.9 Å². The topological polar surface area (TPSA) is 78.3 Å². The van der Waals surface area contributed by atoms with E-state index in [9.17, 15) is 4.79 Å². The molecule has 7 nitrogen and oxygen atoms in total. The number of carbonyl (C=O) groups is 1. The molecule has 0 aliphatic heterocycles. The van der Waals surface area contributed by atoms with Gasteiger partial charge in [-0.1, -0.05) is 43.8 Å². The molecule has 0 bridgehead atoms. The number of benzene rings is 2. The van der Waals surface area contributed by atoms with Gasteiger partial charge < -0.3 is 14.8 Å². The zero-order chi connectivity index (χ0) is 22.1. The Labute approximate surface area is 187 Å². The molecule has 3 aromatic rings. The Morgan fingerprint density at radius 3 is 2.35 bits per heavy atom. The smallest absolute Gasteiger partial charge is 0.230 e. The first-order valence-corrected chi connectivity index (χ1v) is 11.3. The number of thioether (sulfide) groups is 1. The van der Waals surface area contributed by atoms with Gasteiger partial charge in [0, 0.05) is 11.7 Å². The van der Waals surface area contributed by atoms with Crippen LogP contribution in [0.4, 0.5) is 0 Å². The molecule has 164 valence electrons. The average molecular weight is 441 g/mol. The number of para-hydroxylation sites is 1. The van der Waals surface area contributed by atoms with Crippen LogP contribution in [0.15, 0.2) is 59.8 Å². The van der Waals surface area contributed by atoms with Crippen molar-refractivity contribution >= 4 is 17.7 Å². The minimum Gasteiger partial charge on any atom is -0.497 e. The number of rotatable bonds is 11. The summed E-state index contributed by atoms with van der Waals surface area (Å²) in [6.45, 7) is 4.39. The zero-order valence-electron chi connectivity index (χ0n) is 18.1. The Hall–Kier alpha value is -3.00. The number of carbonyl (C=O) groups excluding carboxylic acids is 1. The number of aromatic nitrogens is 3. The molecule has 0 fully saturated rings. The highest BCUT2D eigenvalue weighted by atomic mass is 32.2. The van der Waals surface area contributed by atoms with Gasteiger partial charge in [-0.05, 0) is 49.2 Å². The fraction of sp³-hybridized carbons (Fsp3) is 0.348. The molecule has 0 saturated heterocycles. The van der Waals surface area contributed by atoms with Gasteiger partial charge in [0.1, 0.15) is 18.1 Å². The quantitative estimate of drug-likeness (QED) is 0.449. The van der Waals surface area contributed by atoms with Crippen LogP contribution in [-0.4, -0.2) is 39.6 Å². The second kappa shape index (κ2) is 11.4. The summed E-state index contributed by atoms with van der Waals surface area (Å²) in [5.41, 5.74) is 0.920. The van der Waals surface area contributed by atoms with Gasteiger partial charge in [0.05, 0.1) is 12.9 Å². The van der Waals surface area contributed by atoms with Crippen molar-refractivity contribution in [3.8, 4) is 17.2 Å². The SMILES string of the molecule is CCC(CC)NC(=O)CSc1nnc(COc2ccc(OC)cc2)n1-c1ccccc1. The van der Waals surface area contributed by atoms with Crippen molar-refractivity contribution in [2.45, 2.75) is 44.5 Å². The Morgan fingerprint density at radius 2 is 1.71 bits per heavy atom. The number of nitrogens with one attached hydrogen (secondary N) is 1. The van der Waals surface area contributed by atoms with Gasteiger partial charge in [-0.3, -0.25) is 9.36 Å². The Kier molecular flexibility index (Phi) is 8.35. The van der Waals surface area contributed by atoms with E-state index in [1.54, 1.807) is 7.11 Å². The number of nitrogens with zero attached hydrogens (tertiary/aromatic N) is 3. The molecule has 3 rings (SSSR count). The number of hydrogen-bond acceptors (Lipinski definition) is 6. The van der Waals surface area contributed by atoms with Crippen LogP contribution in [0.1, 0.15) is 32.5 Å². The van der Waals surface area contributed by atoms with E-state index in [4.69, 9.17) is 9.47 Å². The third-order valence-corrected chi connectivity index (χ3v) is 5.75. The predicted octanol–water partition coefficient (Wildman–Crippen LogP) is 4.25. The summed E-state index contributed by atoms with van der Waals surface area (Å²) in [6.07, 6.45) is 1.83. The van der Waals surface area contributed by atoms with Crippen LogP contribution in [0.5, 0.6) is 11.5 Å². The molecule has 0 aliphatic carbocycles. The normalized spacial score (nSPS) is 10.8. The highest BCUT2D eigenvalue weighted by molar-refractivity contribution is 7.99. The second-order valence-corrected chi connectivity index (χ2v) is 7.85. The molecule has 0 saturated carbocycles. The maximum Gasteiger partial charge on any atom is 0.230 e. The number of amides is 1. The Bertz CT molecular complexity index is 957. The molecule has 2 aromatic carbocycles. The Balaban J connectivity index is 1.74. The molecular formula is C23H28N4O3S. The molecule has 1 heterocycles. The minimum atomic E-state index is -0.00246. The molecule has 0 aliphatic rings. The van der Waals surface area contributed by atoms with E-state index < -0.39 is 0 Å². The third kappa shape index (κ3) is 6.24. The van der Waals surface area contributed by atoms with Crippen LogP contribution in [0.25, 0.3) is 5.69 Å². The third-order valence-electron chi connectivity index (χ3n) is 4.83. The largest absolute Gasteiger partial charge is 0.497 e. The first-order valence-electron chi connectivity index (χ1n) is 10.3. The van der Waals surface area contributed by atoms with Crippen LogP contribution in [0.2, 0.25) is 0 Å². The van der Waals surface area contributed by atoms with Gasteiger partial charge in [0.2, 0.25) is 5.91 Å². The van der Waals surface area contributed by atoms with E-state index in [0.29, 0.717) is 16.7 Å². The molecule has 1 amide bonds. The van der Waals surface area contributed by atoms with Crippen LogP contribution < -0.4 is 14.8 Å². The maximum atomic E-state index is 12.3. The van der Waals surface area contributed by atoms with Crippen molar-refractivity contribution < 1.29 is 14.3 Å². The van der Waals surface area contributed by atoms with Crippen LogP contribution >= 0.6 is 11.8 Å². The lowest BCUT2D eigenvalue weighted by Crippen LogP contribution is -2.35. The zero-order valence-corrected chi connectivity index (χ0v) is 18.9. The standard InChI is InChI=1S/C23H28N4O3S/c1-4-17(5-2)24-22(28)16-31-23-26-25-21(27(23)18-9-7-6-8-10-18)15-30-20-13-11-19(29-3)12-14-20/h6-14,17H,4-5,15-16H2,1-3H3,(H,24,28). The van der Waals surface area contributed by atoms with Crippen molar-refractivity contribution in [3.63, 3.8) is 0 Å². The molecule has 31 heavy (non-hydrogen) atoms. The minimum absolute atomic E-state index is 0.00246. The monoisotopic (exact) mass is 440 g/mol. The number of hydrogen-bond donors (Lipinski definition) is 1. The van der Waals surface area contributed by atoms with Crippen LogP contribution in [0, 0.1) is 0 Å². The summed E-state index contributed by atoms with van der Waals surface area (Å²) >= 11 is 1.37. The van der Waals surface area contributed by atoms with Crippen molar-refractivity contribution in [1.29, 1.82) is 0 Å². The lowest BCUT2D eigenvalue weighted by molar-refractivity contribution is -0.119. The van der Waals surface area contributed by atoms with Gasteiger partial charge >= 0.3 is 0 Å². The summed E-state index contributed by atoms with van der Waals surface area (Å²) in [5, 5.41) is 12.4. The highest BCUT2D eigenvalue weighted by Crippen LogP contribution is 2.24. The summed E-state index contributed by atoms with van der Waals surface area (Å²) in [7, 11) is 1.63. The average Bonchev–Trinajstić information content (AvgIpc) is 3.23. The molecule has 0 unspecified atom stereocenters. The fourth-order valence-electron chi connectivity index (χ4n) is 3.04. The molecule has 0 atom stereocenters. The van der Waals surface area contributed by atoms with E-state index >= 15 is 0 Å². The summed E-state index contributed by atoms with van der Waals surface area (Å²) in [5.74, 6) is 2.41. The Morgan fingerprint density at radius 1 is 1.03 bits per heavy atom. The molecule has 0 spiro atoms. The molecular weight excluding hydrogens is 412 g/mol. The molecule has 1 N–H and O–H groups in total. The van der Waals surface area contributed by atoms with E-state index in [1.165, 1.54) is 11.8 Å². The lowest BCUT2D eigenvalue weighted by Gasteiger charge is -2.14. The van der Waals surface area contributed by atoms with Crippen molar-refractivity contribution in [2.24, 2.45) is 0 Å². The number of methoxy groups -OCH3 is 1. The van der Waals surface area contributed by atoms with Gasteiger partial charge in [-0.2, -0.15) is 0 Å². The fourth-order valence-corrected chi connectivity index (χ4v) is 3.82. The highest BCUT2D eigenvalue weighted by Gasteiger charge is 2.17. The van der Waals surface area contributed by atoms with Gasteiger partial charge in [-0.15, -0.1) is 10.2 Å². The summed E-state index contributed by atoms with van der Waals surface area (Å²) in [6, 6.07) is 17.4. The van der Waals surface area contributed by atoms with Crippen molar-refractivity contribution in [3.05, 3.63) is 60.4 Å². The van der Waals surface area contributed by atoms with Gasteiger partial charge in [0.15, 0.2) is 11.0 Å². The second-order valence-electron chi connectivity index (χ2n) is 6.90. The summed E-state index contributed by atoms with van der Waals surface area (Å²) < 4.78 is 13.0. The van der Waals surface area contributed by atoms with Gasteiger partial charge in [-0.25, -0.2) is 0 Å². The van der Waals surface area contributed by atoms with Gasteiger partial charge in [0.25, 0.3) is 0 Å².